The average molecular weight is 745 g/mol. The lowest BCUT2D eigenvalue weighted by atomic mass is 9.74. The minimum Gasteiger partial charge on any atom is -0.228 e. The van der Waals surface area contributed by atoms with E-state index in [0.29, 0.717) is 5.82 Å². The van der Waals surface area contributed by atoms with Gasteiger partial charge in [-0.15, -0.1) is 11.3 Å². The summed E-state index contributed by atoms with van der Waals surface area (Å²) in [5.41, 5.74) is 15.8. The highest BCUT2D eigenvalue weighted by Gasteiger charge is 2.41. The summed E-state index contributed by atoms with van der Waals surface area (Å²) in [5, 5.41) is 2.60. The monoisotopic (exact) mass is 744 g/mol. The molecule has 57 heavy (non-hydrogen) atoms. The van der Waals surface area contributed by atoms with Crippen LogP contribution in [0.15, 0.2) is 200 Å². The summed E-state index contributed by atoms with van der Waals surface area (Å²) in [4.78, 5) is 10.8. The van der Waals surface area contributed by atoms with Crippen LogP contribution in [-0.2, 0) is 5.41 Å². The Labute approximate surface area is 336 Å². The number of thiophene rings is 1. The first-order valence-electron chi connectivity index (χ1n) is 19.5. The van der Waals surface area contributed by atoms with E-state index in [0.717, 1.165) is 33.6 Å². The van der Waals surface area contributed by atoms with Gasteiger partial charge in [0.15, 0.2) is 5.82 Å². The molecule has 8 aromatic carbocycles. The summed E-state index contributed by atoms with van der Waals surface area (Å²) in [7, 11) is 0. The second-order valence-electron chi connectivity index (χ2n) is 15.0. The van der Waals surface area contributed by atoms with Gasteiger partial charge in [-0.1, -0.05) is 188 Å². The molecule has 0 spiro atoms. The fourth-order valence-electron chi connectivity index (χ4n) is 9.13. The van der Waals surface area contributed by atoms with Crippen LogP contribution < -0.4 is 0 Å². The zero-order chi connectivity index (χ0) is 37.9. The first kappa shape index (κ1) is 33.4. The fraction of sp³-hybridized carbons (Fsp3) is 0.0370. The van der Waals surface area contributed by atoms with E-state index in [9.17, 15) is 0 Å². The maximum atomic E-state index is 5.38. The quantitative estimate of drug-likeness (QED) is 0.169. The van der Waals surface area contributed by atoms with Crippen LogP contribution in [0.1, 0.15) is 23.6 Å². The lowest BCUT2D eigenvalue weighted by Gasteiger charge is -2.28. The molecular formula is C54H36N2S. The Balaban J connectivity index is 1.13. The second-order valence-corrected chi connectivity index (χ2v) is 16.0. The summed E-state index contributed by atoms with van der Waals surface area (Å²) >= 11 is 1.87. The van der Waals surface area contributed by atoms with E-state index in [1.165, 1.54) is 64.7 Å². The number of fused-ring (bicyclic) bond motifs is 6. The Kier molecular flexibility index (Phi) is 7.84. The van der Waals surface area contributed by atoms with E-state index < -0.39 is 0 Å². The summed E-state index contributed by atoms with van der Waals surface area (Å²) in [6.45, 7) is 2.37. The highest BCUT2D eigenvalue weighted by atomic mass is 32.1. The minimum absolute atomic E-state index is 0.311. The molecule has 1 unspecified atom stereocenters. The molecule has 1 atom stereocenters. The topological polar surface area (TPSA) is 25.8 Å². The molecule has 2 heterocycles. The third-order valence-electron chi connectivity index (χ3n) is 11.8. The number of benzene rings is 8. The molecule has 0 N–H and O–H groups in total. The molecule has 11 rings (SSSR count). The number of hydrogen-bond donors (Lipinski definition) is 0. The van der Waals surface area contributed by atoms with Crippen LogP contribution in [0, 0.1) is 0 Å². The van der Waals surface area contributed by atoms with Crippen LogP contribution in [0.5, 0.6) is 0 Å². The van der Waals surface area contributed by atoms with E-state index in [1.807, 2.05) is 17.4 Å². The van der Waals surface area contributed by atoms with Gasteiger partial charge in [0.25, 0.3) is 0 Å². The van der Waals surface area contributed by atoms with Gasteiger partial charge in [-0.2, -0.15) is 0 Å². The van der Waals surface area contributed by atoms with Gasteiger partial charge in [-0.3, -0.25) is 0 Å². The molecule has 0 saturated carbocycles. The van der Waals surface area contributed by atoms with Crippen LogP contribution in [0.2, 0.25) is 0 Å². The van der Waals surface area contributed by atoms with Crippen LogP contribution in [0.25, 0.3) is 87.5 Å². The van der Waals surface area contributed by atoms with Gasteiger partial charge in [0.2, 0.25) is 0 Å². The smallest absolute Gasteiger partial charge is 0.160 e. The van der Waals surface area contributed by atoms with Crippen LogP contribution >= 0.6 is 11.3 Å². The largest absolute Gasteiger partial charge is 0.228 e. The zero-order valence-corrected chi connectivity index (χ0v) is 32.2. The molecule has 10 aromatic rings. The summed E-state index contributed by atoms with van der Waals surface area (Å²) in [6.07, 6.45) is 0. The van der Waals surface area contributed by atoms with Crippen LogP contribution in [0.4, 0.5) is 0 Å². The first-order chi connectivity index (χ1) is 28.2. The van der Waals surface area contributed by atoms with Gasteiger partial charge in [0, 0.05) is 47.8 Å². The SMILES string of the molecule is CC1(c2ccccc2)c2ccccc2-c2c(-c3cc(-c4ccccc4-c4ccccc4-c4cccc5c4sc4ccccc45)nc(-c4ccccc4)n3)cccc21. The molecule has 3 heteroatoms. The molecule has 0 aliphatic heterocycles. The Morgan fingerprint density at radius 2 is 0.912 bits per heavy atom. The van der Waals surface area contributed by atoms with E-state index in [1.54, 1.807) is 0 Å². The minimum atomic E-state index is -0.311. The molecule has 0 amide bonds. The van der Waals surface area contributed by atoms with Crippen molar-refractivity contribution in [2.75, 3.05) is 0 Å². The Morgan fingerprint density at radius 1 is 0.404 bits per heavy atom. The lowest BCUT2D eigenvalue weighted by Crippen LogP contribution is -2.22. The molecule has 1 aliphatic rings. The molecule has 0 radical (unpaired) electrons. The predicted molar refractivity (Wildman–Crippen MR) is 240 cm³/mol. The summed E-state index contributed by atoms with van der Waals surface area (Å²) in [5.74, 6) is 0.705. The van der Waals surface area contributed by atoms with Crippen LogP contribution in [-0.4, -0.2) is 9.97 Å². The van der Waals surface area contributed by atoms with Crippen molar-refractivity contribution in [3.05, 3.63) is 217 Å². The normalized spacial score (nSPS) is 14.5. The average Bonchev–Trinajstić information content (AvgIpc) is 3.80. The van der Waals surface area contributed by atoms with Crippen molar-refractivity contribution in [1.29, 1.82) is 0 Å². The molecule has 2 nitrogen and oxygen atoms in total. The Morgan fingerprint density at radius 3 is 1.68 bits per heavy atom. The van der Waals surface area contributed by atoms with Crippen molar-refractivity contribution >= 4 is 31.5 Å². The van der Waals surface area contributed by atoms with Crippen molar-refractivity contribution in [1.82, 2.24) is 9.97 Å². The molecule has 2 aromatic heterocycles. The van der Waals surface area contributed by atoms with E-state index in [-0.39, 0.29) is 5.41 Å². The number of nitrogens with zero attached hydrogens (tertiary/aromatic N) is 2. The van der Waals surface area contributed by atoms with Crippen molar-refractivity contribution < 1.29 is 0 Å². The second kappa shape index (κ2) is 13.4. The fourth-order valence-corrected chi connectivity index (χ4v) is 10.4. The van der Waals surface area contributed by atoms with E-state index in [4.69, 9.17) is 9.97 Å². The Hall–Kier alpha value is -6.94. The Bertz CT molecular complexity index is 3140. The number of aromatic nitrogens is 2. The van der Waals surface area contributed by atoms with Crippen molar-refractivity contribution in [2.45, 2.75) is 12.3 Å². The molecule has 0 fully saturated rings. The van der Waals surface area contributed by atoms with Gasteiger partial charge in [-0.25, -0.2) is 9.97 Å². The van der Waals surface area contributed by atoms with Gasteiger partial charge in [0.05, 0.1) is 11.4 Å². The summed E-state index contributed by atoms with van der Waals surface area (Å²) < 4.78 is 2.61. The summed E-state index contributed by atoms with van der Waals surface area (Å²) in [6, 6.07) is 72.1. The standard InChI is InChI=1S/C54H36N2S/c1-54(36-20-6-3-7-21-36)46-31-14-12-27-44(46)51-45(30-17-32-47(51)54)49-34-48(55-53(56-49)35-18-4-2-5-19-35)40-25-11-10-23-38(40)37-22-8-9-24-39(37)42-28-16-29-43-41-26-13-15-33-50(41)57-52(42)43/h2-34H,1H3. The maximum absolute atomic E-state index is 5.38. The number of hydrogen-bond acceptors (Lipinski definition) is 3. The van der Waals surface area contributed by atoms with E-state index in [2.05, 4.69) is 201 Å². The van der Waals surface area contributed by atoms with Crippen molar-refractivity contribution in [3.8, 4) is 67.3 Å². The number of rotatable bonds is 6. The third-order valence-corrected chi connectivity index (χ3v) is 13.1. The predicted octanol–water partition coefficient (Wildman–Crippen LogP) is 14.5. The van der Waals surface area contributed by atoms with Crippen molar-refractivity contribution in [2.24, 2.45) is 0 Å². The van der Waals surface area contributed by atoms with E-state index >= 15 is 0 Å². The zero-order valence-electron chi connectivity index (χ0n) is 31.4. The highest BCUT2D eigenvalue weighted by Crippen LogP contribution is 2.55. The lowest BCUT2D eigenvalue weighted by molar-refractivity contribution is 0.714. The van der Waals surface area contributed by atoms with Crippen molar-refractivity contribution in [3.63, 3.8) is 0 Å². The third kappa shape index (κ3) is 5.31. The van der Waals surface area contributed by atoms with Gasteiger partial charge < -0.3 is 0 Å². The van der Waals surface area contributed by atoms with Gasteiger partial charge >= 0.3 is 0 Å². The van der Waals surface area contributed by atoms with Gasteiger partial charge in [-0.05, 0) is 63.6 Å². The molecule has 0 bridgehead atoms. The molecule has 0 saturated heterocycles. The van der Waals surface area contributed by atoms with Gasteiger partial charge in [0.1, 0.15) is 0 Å². The first-order valence-corrected chi connectivity index (χ1v) is 20.3. The molecule has 268 valence electrons. The van der Waals surface area contributed by atoms with Crippen LogP contribution in [0.3, 0.4) is 0 Å². The highest BCUT2D eigenvalue weighted by molar-refractivity contribution is 7.26. The molecule has 1 aliphatic carbocycles. The maximum Gasteiger partial charge on any atom is 0.160 e. The molecular weight excluding hydrogens is 709 g/mol.